The third-order valence-corrected chi connectivity index (χ3v) is 4.56. The molecule has 1 N–H and O–H groups in total. The fourth-order valence-electron chi connectivity index (χ4n) is 2.76. The lowest BCUT2D eigenvalue weighted by atomic mass is 10.1. The Hall–Kier alpha value is -0.730. The first kappa shape index (κ1) is 14.2. The van der Waals surface area contributed by atoms with Crippen LogP contribution in [-0.4, -0.2) is 18.6 Å². The van der Waals surface area contributed by atoms with E-state index < -0.39 is 0 Å². The molecule has 0 amide bonds. The van der Waals surface area contributed by atoms with Crippen molar-refractivity contribution in [3.8, 4) is 0 Å². The SMILES string of the molecule is CCCCN(c1c(Cl)cccc1CNC1CC1)C1CC1. The van der Waals surface area contributed by atoms with Crippen molar-refractivity contribution in [3.63, 3.8) is 0 Å². The second-order valence-corrected chi connectivity index (χ2v) is 6.59. The van der Waals surface area contributed by atoms with Gasteiger partial charge in [-0.05, 0) is 43.7 Å². The maximum absolute atomic E-state index is 6.54. The van der Waals surface area contributed by atoms with Crippen molar-refractivity contribution in [1.29, 1.82) is 0 Å². The molecule has 0 heterocycles. The van der Waals surface area contributed by atoms with Crippen molar-refractivity contribution in [2.75, 3.05) is 11.4 Å². The van der Waals surface area contributed by atoms with E-state index in [1.807, 2.05) is 6.07 Å². The lowest BCUT2D eigenvalue weighted by Crippen LogP contribution is -2.29. The van der Waals surface area contributed by atoms with E-state index in [1.165, 1.54) is 49.8 Å². The highest BCUT2D eigenvalue weighted by atomic mass is 35.5. The monoisotopic (exact) mass is 292 g/mol. The number of nitrogens with zero attached hydrogens (tertiary/aromatic N) is 1. The molecule has 0 saturated heterocycles. The highest BCUT2D eigenvalue weighted by molar-refractivity contribution is 6.33. The van der Waals surface area contributed by atoms with Gasteiger partial charge in [-0.1, -0.05) is 37.1 Å². The van der Waals surface area contributed by atoms with Crippen LogP contribution >= 0.6 is 11.6 Å². The van der Waals surface area contributed by atoms with Crippen LogP contribution in [0.4, 0.5) is 5.69 Å². The van der Waals surface area contributed by atoms with Crippen LogP contribution < -0.4 is 10.2 Å². The van der Waals surface area contributed by atoms with Gasteiger partial charge >= 0.3 is 0 Å². The molecule has 1 aromatic rings. The standard InChI is InChI=1S/C17H25ClN2/c1-2-3-11-20(15-9-10-15)17-13(5-4-6-16(17)18)12-19-14-7-8-14/h4-6,14-15,19H,2-3,7-12H2,1H3. The van der Waals surface area contributed by atoms with Gasteiger partial charge in [-0.15, -0.1) is 0 Å². The number of halogens is 1. The highest BCUT2D eigenvalue weighted by Gasteiger charge is 2.31. The molecule has 1 aromatic carbocycles. The number of rotatable bonds is 8. The predicted molar refractivity (Wildman–Crippen MR) is 86.6 cm³/mol. The zero-order chi connectivity index (χ0) is 13.9. The summed E-state index contributed by atoms with van der Waals surface area (Å²) in [5, 5.41) is 4.55. The van der Waals surface area contributed by atoms with Crippen molar-refractivity contribution < 1.29 is 0 Å². The van der Waals surface area contributed by atoms with Gasteiger partial charge in [-0.25, -0.2) is 0 Å². The molecule has 110 valence electrons. The van der Waals surface area contributed by atoms with Crippen LogP contribution in [0.3, 0.4) is 0 Å². The third-order valence-electron chi connectivity index (χ3n) is 4.26. The Labute approximate surface area is 127 Å². The van der Waals surface area contributed by atoms with Crippen LogP contribution in [0, 0.1) is 0 Å². The summed E-state index contributed by atoms with van der Waals surface area (Å²) in [6, 6.07) is 7.82. The maximum atomic E-state index is 6.54. The molecule has 20 heavy (non-hydrogen) atoms. The first-order valence-electron chi connectivity index (χ1n) is 8.07. The zero-order valence-electron chi connectivity index (χ0n) is 12.4. The Balaban J connectivity index is 1.79. The van der Waals surface area contributed by atoms with Crippen LogP contribution in [0.25, 0.3) is 0 Å². The van der Waals surface area contributed by atoms with Gasteiger partial charge in [0.05, 0.1) is 10.7 Å². The van der Waals surface area contributed by atoms with Crippen LogP contribution in [0.15, 0.2) is 18.2 Å². The highest BCUT2D eigenvalue weighted by Crippen LogP contribution is 2.38. The minimum Gasteiger partial charge on any atom is -0.367 e. The molecule has 3 rings (SSSR count). The molecule has 2 fully saturated rings. The summed E-state index contributed by atoms with van der Waals surface area (Å²) in [4.78, 5) is 2.57. The average Bonchev–Trinajstić information content (AvgIpc) is 3.32. The van der Waals surface area contributed by atoms with E-state index in [-0.39, 0.29) is 0 Å². The van der Waals surface area contributed by atoms with Crippen LogP contribution in [0.2, 0.25) is 5.02 Å². The zero-order valence-corrected chi connectivity index (χ0v) is 13.1. The minimum absolute atomic E-state index is 0.723. The van der Waals surface area contributed by atoms with Crippen molar-refractivity contribution in [2.24, 2.45) is 0 Å². The van der Waals surface area contributed by atoms with Gasteiger partial charge in [-0.2, -0.15) is 0 Å². The number of nitrogens with one attached hydrogen (secondary N) is 1. The first-order chi connectivity index (χ1) is 9.79. The Bertz CT molecular complexity index is 452. The fraction of sp³-hybridized carbons (Fsp3) is 0.647. The summed E-state index contributed by atoms with van der Waals surface area (Å²) in [6.07, 6.45) is 7.80. The molecule has 3 heteroatoms. The predicted octanol–water partition coefficient (Wildman–Crippen LogP) is 4.36. The number of unbranched alkanes of at least 4 members (excludes halogenated alkanes) is 1. The third kappa shape index (κ3) is 3.48. The van der Waals surface area contributed by atoms with E-state index in [0.717, 1.165) is 30.2 Å². The molecule has 0 radical (unpaired) electrons. The Morgan fingerprint density at radius 1 is 1.25 bits per heavy atom. The molecule has 2 saturated carbocycles. The topological polar surface area (TPSA) is 15.3 Å². The molecular formula is C17H25ClN2. The van der Waals surface area contributed by atoms with Crippen molar-refractivity contribution in [3.05, 3.63) is 28.8 Å². The maximum Gasteiger partial charge on any atom is 0.0643 e. The summed E-state index contributed by atoms with van der Waals surface area (Å²) < 4.78 is 0. The number of anilines is 1. The Morgan fingerprint density at radius 3 is 2.70 bits per heavy atom. The van der Waals surface area contributed by atoms with E-state index in [2.05, 4.69) is 29.3 Å². The van der Waals surface area contributed by atoms with E-state index >= 15 is 0 Å². The van der Waals surface area contributed by atoms with E-state index in [4.69, 9.17) is 11.6 Å². The lowest BCUT2D eigenvalue weighted by Gasteiger charge is -2.28. The molecule has 0 unspecified atom stereocenters. The second-order valence-electron chi connectivity index (χ2n) is 6.18. The molecule has 0 aliphatic heterocycles. The van der Waals surface area contributed by atoms with E-state index in [0.29, 0.717) is 0 Å². The van der Waals surface area contributed by atoms with Crippen molar-refractivity contribution in [2.45, 2.75) is 64.1 Å². The smallest absolute Gasteiger partial charge is 0.0643 e. The fourth-order valence-corrected chi connectivity index (χ4v) is 3.06. The summed E-state index contributed by atoms with van der Waals surface area (Å²) in [6.45, 7) is 4.35. The van der Waals surface area contributed by atoms with E-state index in [1.54, 1.807) is 0 Å². The van der Waals surface area contributed by atoms with Gasteiger partial charge in [0.2, 0.25) is 0 Å². The number of para-hydroxylation sites is 1. The number of hydrogen-bond donors (Lipinski definition) is 1. The summed E-state index contributed by atoms with van der Waals surface area (Å²) in [7, 11) is 0. The molecule has 0 atom stereocenters. The van der Waals surface area contributed by atoms with Gasteiger partial charge in [-0.3, -0.25) is 0 Å². The van der Waals surface area contributed by atoms with Crippen molar-refractivity contribution in [1.82, 2.24) is 5.32 Å². The summed E-state index contributed by atoms with van der Waals surface area (Å²) in [5.74, 6) is 0. The van der Waals surface area contributed by atoms with Crippen molar-refractivity contribution >= 4 is 17.3 Å². The van der Waals surface area contributed by atoms with Gasteiger partial charge in [0.15, 0.2) is 0 Å². The van der Waals surface area contributed by atoms with Gasteiger partial charge in [0.1, 0.15) is 0 Å². The molecule has 0 bridgehead atoms. The molecule has 0 spiro atoms. The normalized spacial score (nSPS) is 18.3. The number of hydrogen-bond acceptors (Lipinski definition) is 2. The van der Waals surface area contributed by atoms with Gasteiger partial charge in [0, 0.05) is 25.2 Å². The largest absolute Gasteiger partial charge is 0.367 e. The van der Waals surface area contributed by atoms with Crippen LogP contribution in [-0.2, 0) is 6.54 Å². The molecule has 2 aliphatic carbocycles. The summed E-state index contributed by atoms with van der Waals surface area (Å²) in [5.41, 5.74) is 2.66. The second kappa shape index (κ2) is 6.36. The minimum atomic E-state index is 0.723. The van der Waals surface area contributed by atoms with Gasteiger partial charge < -0.3 is 10.2 Å². The lowest BCUT2D eigenvalue weighted by molar-refractivity contribution is 0.673. The van der Waals surface area contributed by atoms with Gasteiger partial charge in [0.25, 0.3) is 0 Å². The Morgan fingerprint density at radius 2 is 2.05 bits per heavy atom. The molecular weight excluding hydrogens is 268 g/mol. The summed E-state index contributed by atoms with van der Waals surface area (Å²) >= 11 is 6.54. The first-order valence-corrected chi connectivity index (χ1v) is 8.44. The van der Waals surface area contributed by atoms with Crippen LogP contribution in [0.1, 0.15) is 51.0 Å². The molecule has 0 aromatic heterocycles. The van der Waals surface area contributed by atoms with E-state index in [9.17, 15) is 0 Å². The quantitative estimate of drug-likeness (QED) is 0.766. The average molecular weight is 293 g/mol. The van der Waals surface area contributed by atoms with Crippen LogP contribution in [0.5, 0.6) is 0 Å². The Kier molecular flexibility index (Phi) is 4.52. The molecule has 2 nitrogen and oxygen atoms in total. The molecule has 2 aliphatic rings. The number of benzene rings is 1.